The number of carboxylic acids is 1. The summed E-state index contributed by atoms with van der Waals surface area (Å²) in [5, 5.41) is 18.6. The van der Waals surface area contributed by atoms with Crippen LogP contribution in [0.15, 0.2) is 11.6 Å². The maximum absolute atomic E-state index is 10.5. The Bertz CT molecular complexity index is 235. The van der Waals surface area contributed by atoms with Crippen LogP contribution < -0.4 is 0 Å². The van der Waals surface area contributed by atoms with E-state index in [4.69, 9.17) is 5.11 Å². The van der Waals surface area contributed by atoms with Gasteiger partial charge in [0.15, 0.2) is 0 Å². The first-order valence-electron chi connectivity index (χ1n) is 4.62. The van der Waals surface area contributed by atoms with Gasteiger partial charge in [0.25, 0.3) is 0 Å². The minimum atomic E-state index is -0.901. The molecule has 80 valence electrons. The smallest absolute Gasteiger partial charge is 0.331 e. The van der Waals surface area contributed by atoms with Gasteiger partial charge in [0.1, 0.15) is 0 Å². The lowest BCUT2D eigenvalue weighted by atomic mass is 10.1. The third-order valence-corrected chi connectivity index (χ3v) is 1.84. The fourth-order valence-electron chi connectivity index (χ4n) is 1.04. The summed E-state index contributed by atoms with van der Waals surface area (Å²) in [5.74, 6) is -0.901. The second-order valence-electron chi connectivity index (χ2n) is 2.94. The van der Waals surface area contributed by atoms with E-state index in [1.54, 1.807) is 13.0 Å². The second kappa shape index (κ2) is 7.06. The van der Waals surface area contributed by atoms with E-state index in [1.165, 1.54) is 0 Å². The predicted molar refractivity (Wildman–Crippen MR) is 51.7 cm³/mol. The summed E-state index contributed by atoms with van der Waals surface area (Å²) in [6.07, 6.45) is 3.90. The maximum Gasteiger partial charge on any atom is 0.331 e. The van der Waals surface area contributed by atoms with Crippen molar-refractivity contribution >= 4 is 5.97 Å². The van der Waals surface area contributed by atoms with E-state index in [9.17, 15) is 14.9 Å². The van der Waals surface area contributed by atoms with Crippen LogP contribution in [0.4, 0.5) is 0 Å². The molecule has 5 nitrogen and oxygen atoms in total. The van der Waals surface area contributed by atoms with Crippen LogP contribution in [0.25, 0.3) is 0 Å². The van der Waals surface area contributed by atoms with Gasteiger partial charge >= 0.3 is 5.97 Å². The van der Waals surface area contributed by atoms with Crippen molar-refractivity contribution in [1.82, 2.24) is 0 Å². The van der Waals surface area contributed by atoms with Crippen LogP contribution in [-0.2, 0) is 4.79 Å². The Kier molecular flexibility index (Phi) is 6.36. The Morgan fingerprint density at radius 3 is 2.57 bits per heavy atom. The molecule has 1 N–H and O–H groups in total. The summed E-state index contributed by atoms with van der Waals surface area (Å²) < 4.78 is 0. The molecule has 0 bridgehead atoms. The highest BCUT2D eigenvalue weighted by atomic mass is 16.6. The molecule has 0 saturated heterocycles. The molecule has 0 rings (SSSR count). The lowest BCUT2D eigenvalue weighted by Gasteiger charge is -1.97. The number of hydrogen-bond donors (Lipinski definition) is 1. The van der Waals surface area contributed by atoms with Gasteiger partial charge in [-0.05, 0) is 19.3 Å². The zero-order chi connectivity index (χ0) is 11.0. The van der Waals surface area contributed by atoms with Gasteiger partial charge in [-0.3, -0.25) is 10.1 Å². The largest absolute Gasteiger partial charge is 0.478 e. The number of carbonyl (C=O) groups is 1. The SMILES string of the molecule is CCC(=CCCCC[N+](=O)[O-])C(=O)O. The fourth-order valence-corrected chi connectivity index (χ4v) is 1.04. The number of rotatable bonds is 7. The van der Waals surface area contributed by atoms with Gasteiger partial charge in [0.05, 0.1) is 0 Å². The van der Waals surface area contributed by atoms with E-state index < -0.39 is 5.97 Å². The van der Waals surface area contributed by atoms with Gasteiger partial charge in [-0.1, -0.05) is 13.0 Å². The molecule has 0 amide bonds. The van der Waals surface area contributed by atoms with Gasteiger partial charge in [-0.25, -0.2) is 4.79 Å². The van der Waals surface area contributed by atoms with Crippen LogP contribution in [0.1, 0.15) is 32.6 Å². The van der Waals surface area contributed by atoms with E-state index >= 15 is 0 Å². The van der Waals surface area contributed by atoms with Crippen molar-refractivity contribution in [3.05, 3.63) is 21.8 Å². The van der Waals surface area contributed by atoms with Crippen molar-refractivity contribution in [3.63, 3.8) is 0 Å². The number of nitro groups is 1. The van der Waals surface area contributed by atoms with Gasteiger partial charge in [-0.2, -0.15) is 0 Å². The van der Waals surface area contributed by atoms with Crippen molar-refractivity contribution in [2.45, 2.75) is 32.6 Å². The normalized spacial score (nSPS) is 11.4. The number of nitrogens with zero attached hydrogens (tertiary/aromatic N) is 1. The summed E-state index contributed by atoms with van der Waals surface area (Å²) in [6.45, 7) is 1.74. The molecule has 0 saturated carbocycles. The zero-order valence-corrected chi connectivity index (χ0v) is 8.23. The van der Waals surface area contributed by atoms with Crippen molar-refractivity contribution in [2.75, 3.05) is 6.54 Å². The van der Waals surface area contributed by atoms with Crippen molar-refractivity contribution in [1.29, 1.82) is 0 Å². The molecule has 0 spiro atoms. The lowest BCUT2D eigenvalue weighted by Crippen LogP contribution is -2.01. The highest BCUT2D eigenvalue weighted by Gasteiger charge is 2.03. The van der Waals surface area contributed by atoms with Crippen molar-refractivity contribution in [2.24, 2.45) is 0 Å². The molecule has 5 heteroatoms. The molecule has 0 aromatic rings. The third-order valence-electron chi connectivity index (χ3n) is 1.84. The van der Waals surface area contributed by atoms with Gasteiger partial charge in [-0.15, -0.1) is 0 Å². The number of carboxylic acid groups (broad SMARTS) is 1. The summed E-state index contributed by atoms with van der Waals surface area (Å²) in [6, 6.07) is 0. The second-order valence-corrected chi connectivity index (χ2v) is 2.94. The molecule has 0 unspecified atom stereocenters. The predicted octanol–water partition coefficient (Wildman–Crippen LogP) is 1.85. The van der Waals surface area contributed by atoms with Gasteiger partial charge in [0.2, 0.25) is 6.54 Å². The van der Waals surface area contributed by atoms with Crippen LogP contribution in [0, 0.1) is 10.1 Å². The van der Waals surface area contributed by atoms with Crippen molar-refractivity contribution in [3.8, 4) is 0 Å². The highest BCUT2D eigenvalue weighted by molar-refractivity contribution is 5.86. The molecule has 0 aliphatic carbocycles. The van der Waals surface area contributed by atoms with Gasteiger partial charge in [0, 0.05) is 16.9 Å². The van der Waals surface area contributed by atoms with E-state index in [0.717, 1.165) is 0 Å². The molecule has 0 radical (unpaired) electrons. The summed E-state index contributed by atoms with van der Waals surface area (Å²) in [4.78, 5) is 20.1. The lowest BCUT2D eigenvalue weighted by molar-refractivity contribution is -0.480. The van der Waals surface area contributed by atoms with Crippen LogP contribution in [0.5, 0.6) is 0 Å². The number of unbranched alkanes of at least 4 members (excludes halogenated alkanes) is 2. The van der Waals surface area contributed by atoms with Crippen LogP contribution in [0.3, 0.4) is 0 Å². The minimum absolute atomic E-state index is 0.0393. The molecule has 0 aromatic heterocycles. The first kappa shape index (κ1) is 12.6. The van der Waals surface area contributed by atoms with Crippen LogP contribution in [-0.4, -0.2) is 22.5 Å². The Morgan fingerprint density at radius 1 is 1.50 bits per heavy atom. The molecule has 0 aromatic carbocycles. The number of allylic oxidation sites excluding steroid dienone is 1. The number of hydrogen-bond acceptors (Lipinski definition) is 3. The Hall–Kier alpha value is -1.39. The molecular weight excluding hydrogens is 186 g/mol. The van der Waals surface area contributed by atoms with E-state index in [1.807, 2.05) is 0 Å². The zero-order valence-electron chi connectivity index (χ0n) is 8.23. The van der Waals surface area contributed by atoms with E-state index in [-0.39, 0.29) is 11.5 Å². The number of aliphatic carboxylic acids is 1. The van der Waals surface area contributed by atoms with Crippen LogP contribution >= 0.6 is 0 Å². The topological polar surface area (TPSA) is 80.4 Å². The molecule has 0 atom stereocenters. The summed E-state index contributed by atoms with van der Waals surface area (Å²) in [7, 11) is 0. The molecular formula is C9H15NO4. The Balaban J connectivity index is 3.69. The Morgan fingerprint density at radius 2 is 2.14 bits per heavy atom. The first-order valence-corrected chi connectivity index (χ1v) is 4.62. The molecule has 14 heavy (non-hydrogen) atoms. The average Bonchev–Trinajstić information content (AvgIpc) is 2.10. The highest BCUT2D eigenvalue weighted by Crippen LogP contribution is 2.05. The minimum Gasteiger partial charge on any atom is -0.478 e. The van der Waals surface area contributed by atoms with E-state index in [0.29, 0.717) is 31.3 Å². The summed E-state index contributed by atoms with van der Waals surface area (Å²) >= 11 is 0. The average molecular weight is 201 g/mol. The Labute approximate surface area is 82.6 Å². The van der Waals surface area contributed by atoms with Crippen molar-refractivity contribution < 1.29 is 14.8 Å². The summed E-state index contributed by atoms with van der Waals surface area (Å²) in [5.41, 5.74) is 0.381. The first-order chi connectivity index (χ1) is 6.57. The molecule has 0 heterocycles. The third kappa shape index (κ3) is 6.16. The standard InChI is InChI=1S/C9H15NO4/c1-2-8(9(11)12)6-4-3-5-7-10(13)14/h6H,2-5,7H2,1H3,(H,11,12). The molecule has 0 fully saturated rings. The van der Waals surface area contributed by atoms with Gasteiger partial charge < -0.3 is 5.11 Å². The monoisotopic (exact) mass is 201 g/mol. The fraction of sp³-hybridized carbons (Fsp3) is 0.667. The maximum atomic E-state index is 10.5. The molecule has 0 aliphatic rings. The quantitative estimate of drug-likeness (QED) is 0.295. The van der Waals surface area contributed by atoms with Crippen LogP contribution in [0.2, 0.25) is 0 Å². The molecule has 0 aliphatic heterocycles. The van der Waals surface area contributed by atoms with E-state index in [2.05, 4.69) is 0 Å².